The number of nitrogens with one attached hydrogen (secondary N) is 1. The first-order valence-corrected chi connectivity index (χ1v) is 8.04. The highest BCUT2D eigenvalue weighted by atomic mass is 16.6. The van der Waals surface area contributed by atoms with E-state index in [1.165, 1.54) is 5.56 Å². The van der Waals surface area contributed by atoms with Gasteiger partial charge in [-0.2, -0.15) is 5.10 Å². The minimum atomic E-state index is -0.423. The molecule has 0 spiro atoms. The number of rotatable bonds is 4. The quantitative estimate of drug-likeness (QED) is 0.926. The molecule has 0 radical (unpaired) electrons. The fourth-order valence-electron chi connectivity index (χ4n) is 2.57. The number of amides is 1. The number of aromatic nitrogens is 2. The molecule has 1 aromatic heterocycles. The van der Waals surface area contributed by atoms with Gasteiger partial charge in [-0.1, -0.05) is 0 Å². The lowest BCUT2D eigenvalue weighted by molar-refractivity contribution is 0.0198. The van der Waals surface area contributed by atoms with Crippen LogP contribution in [0.5, 0.6) is 0 Å². The molecule has 1 N–H and O–H groups in total. The monoisotopic (exact) mass is 308 g/mol. The predicted molar refractivity (Wildman–Crippen MR) is 85.8 cm³/mol. The molecule has 1 fully saturated rings. The Labute approximate surface area is 132 Å². The molecule has 124 valence electrons. The fraction of sp³-hybridized carbons (Fsp3) is 0.750. The summed E-state index contributed by atoms with van der Waals surface area (Å²) in [4.78, 5) is 13.8. The zero-order valence-electron chi connectivity index (χ0n) is 14.1. The maximum Gasteiger partial charge on any atom is 0.410 e. The van der Waals surface area contributed by atoms with Crippen LogP contribution >= 0.6 is 0 Å². The van der Waals surface area contributed by atoms with Crippen molar-refractivity contribution in [2.45, 2.75) is 58.7 Å². The van der Waals surface area contributed by atoms with Gasteiger partial charge >= 0.3 is 6.09 Å². The molecule has 0 bridgehead atoms. The zero-order valence-corrected chi connectivity index (χ0v) is 14.1. The number of piperidine rings is 1. The molecule has 0 unspecified atom stereocenters. The lowest BCUT2D eigenvalue weighted by Crippen LogP contribution is -2.47. The number of carbonyl (C=O) groups excluding carboxylic acids is 1. The SMILES string of the molecule is Cc1cnn(CCNC2CCN(C(=O)OC(C)(C)C)CC2)c1. The molecule has 1 aliphatic rings. The largest absolute Gasteiger partial charge is 0.444 e. The molecule has 1 amide bonds. The first-order valence-electron chi connectivity index (χ1n) is 8.04. The van der Waals surface area contributed by atoms with Crippen molar-refractivity contribution < 1.29 is 9.53 Å². The highest BCUT2D eigenvalue weighted by Gasteiger charge is 2.26. The number of aryl methyl sites for hydroxylation is 1. The molecular weight excluding hydrogens is 280 g/mol. The summed E-state index contributed by atoms with van der Waals surface area (Å²) in [6.07, 6.45) is 5.67. The van der Waals surface area contributed by atoms with Gasteiger partial charge in [0.1, 0.15) is 5.60 Å². The van der Waals surface area contributed by atoms with Gasteiger partial charge in [-0.25, -0.2) is 4.79 Å². The number of nitrogens with zero attached hydrogens (tertiary/aromatic N) is 3. The van der Waals surface area contributed by atoms with Crippen LogP contribution < -0.4 is 5.32 Å². The van der Waals surface area contributed by atoms with E-state index in [0.29, 0.717) is 6.04 Å². The summed E-state index contributed by atoms with van der Waals surface area (Å²) in [7, 11) is 0. The van der Waals surface area contributed by atoms with E-state index in [-0.39, 0.29) is 6.09 Å². The Morgan fingerprint density at radius 2 is 2.09 bits per heavy atom. The first-order chi connectivity index (χ1) is 10.3. The Hall–Kier alpha value is -1.56. The fourth-order valence-corrected chi connectivity index (χ4v) is 2.57. The summed E-state index contributed by atoms with van der Waals surface area (Å²) >= 11 is 0. The van der Waals surface area contributed by atoms with Crippen LogP contribution in [0.25, 0.3) is 0 Å². The lowest BCUT2D eigenvalue weighted by Gasteiger charge is -2.33. The third-order valence-electron chi connectivity index (χ3n) is 3.68. The van der Waals surface area contributed by atoms with Crippen LogP contribution in [0.4, 0.5) is 4.79 Å². The minimum Gasteiger partial charge on any atom is -0.444 e. The van der Waals surface area contributed by atoms with E-state index < -0.39 is 5.60 Å². The van der Waals surface area contributed by atoms with Gasteiger partial charge in [-0.15, -0.1) is 0 Å². The second-order valence-electron chi connectivity index (χ2n) is 6.98. The average molecular weight is 308 g/mol. The summed E-state index contributed by atoms with van der Waals surface area (Å²) in [5.41, 5.74) is 0.763. The van der Waals surface area contributed by atoms with Crippen molar-refractivity contribution in [2.75, 3.05) is 19.6 Å². The van der Waals surface area contributed by atoms with Gasteiger partial charge in [-0.05, 0) is 46.1 Å². The number of carbonyl (C=O) groups is 1. The topological polar surface area (TPSA) is 59.4 Å². The van der Waals surface area contributed by atoms with Crippen LogP contribution in [-0.4, -0.2) is 52.1 Å². The van der Waals surface area contributed by atoms with E-state index in [1.807, 2.05) is 44.8 Å². The van der Waals surface area contributed by atoms with Crippen LogP contribution in [0, 0.1) is 6.92 Å². The number of hydrogen-bond donors (Lipinski definition) is 1. The van der Waals surface area contributed by atoms with Gasteiger partial charge in [-0.3, -0.25) is 4.68 Å². The van der Waals surface area contributed by atoms with Crippen molar-refractivity contribution in [3.05, 3.63) is 18.0 Å². The van der Waals surface area contributed by atoms with E-state index in [2.05, 4.69) is 10.4 Å². The van der Waals surface area contributed by atoms with E-state index in [1.54, 1.807) is 4.90 Å². The molecule has 6 nitrogen and oxygen atoms in total. The minimum absolute atomic E-state index is 0.196. The maximum atomic E-state index is 12.0. The molecule has 0 saturated carbocycles. The first kappa shape index (κ1) is 16.8. The van der Waals surface area contributed by atoms with Gasteiger partial charge in [0.2, 0.25) is 0 Å². The molecular formula is C16H28N4O2. The van der Waals surface area contributed by atoms with Crippen molar-refractivity contribution in [2.24, 2.45) is 0 Å². The van der Waals surface area contributed by atoms with E-state index in [0.717, 1.165) is 39.0 Å². The predicted octanol–water partition coefficient (Wildman–Crippen LogP) is 2.18. The second kappa shape index (κ2) is 7.13. The Morgan fingerprint density at radius 1 is 1.41 bits per heavy atom. The Kier molecular flexibility index (Phi) is 5.45. The highest BCUT2D eigenvalue weighted by molar-refractivity contribution is 5.68. The van der Waals surface area contributed by atoms with Crippen molar-refractivity contribution in [3.63, 3.8) is 0 Å². The van der Waals surface area contributed by atoms with Crippen molar-refractivity contribution in [1.82, 2.24) is 20.0 Å². The Bertz CT molecular complexity index is 485. The second-order valence-corrected chi connectivity index (χ2v) is 6.98. The number of ether oxygens (including phenoxy) is 1. The van der Waals surface area contributed by atoms with Crippen LogP contribution in [0.15, 0.2) is 12.4 Å². The third-order valence-corrected chi connectivity index (χ3v) is 3.68. The Morgan fingerprint density at radius 3 is 2.64 bits per heavy atom. The smallest absolute Gasteiger partial charge is 0.410 e. The van der Waals surface area contributed by atoms with E-state index >= 15 is 0 Å². The van der Waals surface area contributed by atoms with Gasteiger partial charge in [0, 0.05) is 31.9 Å². The van der Waals surface area contributed by atoms with Crippen molar-refractivity contribution in [1.29, 1.82) is 0 Å². The summed E-state index contributed by atoms with van der Waals surface area (Å²) < 4.78 is 7.37. The highest BCUT2D eigenvalue weighted by Crippen LogP contribution is 2.15. The van der Waals surface area contributed by atoms with Gasteiger partial charge in [0.25, 0.3) is 0 Å². The van der Waals surface area contributed by atoms with Gasteiger partial charge in [0.15, 0.2) is 0 Å². The molecule has 0 aliphatic carbocycles. The molecule has 1 aromatic rings. The molecule has 1 aliphatic heterocycles. The summed E-state index contributed by atoms with van der Waals surface area (Å²) in [5, 5.41) is 7.82. The maximum absolute atomic E-state index is 12.0. The third kappa shape index (κ3) is 5.33. The molecule has 0 aromatic carbocycles. The van der Waals surface area contributed by atoms with Crippen LogP contribution in [0.3, 0.4) is 0 Å². The Balaban J connectivity index is 1.65. The molecule has 22 heavy (non-hydrogen) atoms. The lowest BCUT2D eigenvalue weighted by atomic mass is 10.1. The summed E-state index contributed by atoms with van der Waals surface area (Å²) in [5.74, 6) is 0. The molecule has 0 atom stereocenters. The number of hydrogen-bond acceptors (Lipinski definition) is 4. The molecule has 2 heterocycles. The number of likely N-dealkylation sites (tertiary alicyclic amines) is 1. The van der Waals surface area contributed by atoms with Gasteiger partial charge < -0.3 is 15.0 Å². The molecule has 6 heteroatoms. The van der Waals surface area contributed by atoms with Gasteiger partial charge in [0.05, 0.1) is 12.7 Å². The van der Waals surface area contributed by atoms with Crippen LogP contribution in [0.1, 0.15) is 39.2 Å². The van der Waals surface area contributed by atoms with Crippen molar-refractivity contribution >= 4 is 6.09 Å². The molecule has 2 rings (SSSR count). The average Bonchev–Trinajstić information content (AvgIpc) is 2.83. The zero-order chi connectivity index (χ0) is 16.2. The summed E-state index contributed by atoms with van der Waals surface area (Å²) in [6.45, 7) is 11.0. The van der Waals surface area contributed by atoms with E-state index in [4.69, 9.17) is 4.74 Å². The standard InChI is InChI=1S/C16H28N4O2/c1-13-11-18-20(12-13)10-7-17-14-5-8-19(9-6-14)15(21)22-16(2,3)4/h11-12,14,17H,5-10H2,1-4H3. The van der Waals surface area contributed by atoms with Crippen LogP contribution in [0.2, 0.25) is 0 Å². The van der Waals surface area contributed by atoms with Crippen molar-refractivity contribution in [3.8, 4) is 0 Å². The normalized spacial score (nSPS) is 16.8. The summed E-state index contributed by atoms with van der Waals surface area (Å²) in [6, 6.07) is 0.468. The molecule has 1 saturated heterocycles. The van der Waals surface area contributed by atoms with E-state index in [9.17, 15) is 4.79 Å². The van der Waals surface area contributed by atoms with Crippen LogP contribution in [-0.2, 0) is 11.3 Å².